The summed E-state index contributed by atoms with van der Waals surface area (Å²) < 4.78 is 19.0. The first-order valence-corrected chi connectivity index (χ1v) is 11.1. The van der Waals surface area contributed by atoms with E-state index in [2.05, 4.69) is 20.8 Å². The number of hydrogen-bond donors (Lipinski definition) is 2. The van der Waals surface area contributed by atoms with Crippen molar-refractivity contribution in [2.45, 2.75) is 51.4 Å². The maximum absolute atomic E-state index is 13.8. The Bertz CT molecular complexity index is 1240. The standard InChI is InChI=1S/C25H25FN4O4/c1-3-25(13-12-21(32)28-24(25)33)17-6-8-18(9-7-17)27-20(31)10-11-22-29-23(30-34-22)16-5-4-15(2)19(26)14-16/h4-9,14H,3,10-13H2,1-2H3,(H,27,31)(H,28,32,33). The van der Waals surface area contributed by atoms with E-state index in [1.165, 1.54) is 6.07 Å². The molecule has 1 aromatic heterocycles. The summed E-state index contributed by atoms with van der Waals surface area (Å²) in [6.45, 7) is 3.59. The highest BCUT2D eigenvalue weighted by Crippen LogP contribution is 2.36. The van der Waals surface area contributed by atoms with Crippen LogP contribution in [0.25, 0.3) is 11.4 Å². The summed E-state index contributed by atoms with van der Waals surface area (Å²) in [5.41, 5.74) is 1.69. The summed E-state index contributed by atoms with van der Waals surface area (Å²) >= 11 is 0. The van der Waals surface area contributed by atoms with Gasteiger partial charge >= 0.3 is 0 Å². The molecule has 4 rings (SSSR count). The van der Waals surface area contributed by atoms with Gasteiger partial charge in [0.1, 0.15) is 5.82 Å². The first kappa shape index (κ1) is 23.3. The number of nitrogens with one attached hydrogen (secondary N) is 2. The Hall–Kier alpha value is -3.88. The van der Waals surface area contributed by atoms with Crippen LogP contribution in [0.2, 0.25) is 0 Å². The molecule has 1 saturated heterocycles. The summed E-state index contributed by atoms with van der Waals surface area (Å²) in [6, 6.07) is 11.8. The largest absolute Gasteiger partial charge is 0.339 e. The average Bonchev–Trinajstić information content (AvgIpc) is 3.30. The Balaban J connectivity index is 1.35. The molecule has 8 nitrogen and oxygen atoms in total. The summed E-state index contributed by atoms with van der Waals surface area (Å²) in [6.07, 6.45) is 1.68. The van der Waals surface area contributed by atoms with Gasteiger partial charge in [0.15, 0.2) is 0 Å². The minimum absolute atomic E-state index is 0.120. The molecule has 9 heteroatoms. The number of anilines is 1. The van der Waals surface area contributed by atoms with Crippen LogP contribution in [0.3, 0.4) is 0 Å². The van der Waals surface area contributed by atoms with Gasteiger partial charge in [-0.25, -0.2) is 4.39 Å². The zero-order chi connectivity index (χ0) is 24.3. The molecule has 3 amide bonds. The van der Waals surface area contributed by atoms with Gasteiger partial charge < -0.3 is 9.84 Å². The molecule has 1 atom stereocenters. The average molecular weight is 464 g/mol. The first-order valence-electron chi connectivity index (χ1n) is 11.1. The maximum atomic E-state index is 13.8. The normalized spacial score (nSPS) is 18.0. The summed E-state index contributed by atoms with van der Waals surface area (Å²) in [7, 11) is 0. The van der Waals surface area contributed by atoms with E-state index in [1.807, 2.05) is 6.92 Å². The lowest BCUT2D eigenvalue weighted by Gasteiger charge is -2.35. The van der Waals surface area contributed by atoms with E-state index in [0.717, 1.165) is 5.56 Å². The van der Waals surface area contributed by atoms with Crippen LogP contribution in [0, 0.1) is 12.7 Å². The molecular formula is C25H25FN4O4. The van der Waals surface area contributed by atoms with Crippen molar-refractivity contribution < 1.29 is 23.3 Å². The van der Waals surface area contributed by atoms with E-state index in [0.29, 0.717) is 36.1 Å². The summed E-state index contributed by atoms with van der Waals surface area (Å²) in [5, 5.41) is 9.10. The lowest BCUT2D eigenvalue weighted by Crippen LogP contribution is -2.51. The SMILES string of the molecule is CCC1(c2ccc(NC(=O)CCc3nc(-c4ccc(C)c(F)c4)no3)cc2)CCC(=O)NC1=O. The number of imide groups is 1. The maximum Gasteiger partial charge on any atom is 0.237 e. The molecule has 1 aliphatic rings. The molecule has 2 aromatic carbocycles. The van der Waals surface area contributed by atoms with Crippen LogP contribution < -0.4 is 10.6 Å². The van der Waals surface area contributed by atoms with Gasteiger partial charge in [0.2, 0.25) is 29.4 Å². The number of aromatic nitrogens is 2. The van der Waals surface area contributed by atoms with Crippen molar-refractivity contribution >= 4 is 23.4 Å². The van der Waals surface area contributed by atoms with Gasteiger partial charge in [-0.1, -0.05) is 36.3 Å². The third kappa shape index (κ3) is 4.73. The van der Waals surface area contributed by atoms with Crippen molar-refractivity contribution in [1.82, 2.24) is 15.5 Å². The molecule has 1 unspecified atom stereocenters. The second-order valence-corrected chi connectivity index (χ2v) is 8.41. The number of nitrogens with zero attached hydrogens (tertiary/aromatic N) is 2. The van der Waals surface area contributed by atoms with E-state index in [1.54, 1.807) is 43.3 Å². The van der Waals surface area contributed by atoms with Gasteiger partial charge in [0, 0.05) is 30.5 Å². The molecule has 176 valence electrons. The lowest BCUT2D eigenvalue weighted by atomic mass is 9.72. The zero-order valence-electron chi connectivity index (χ0n) is 19.0. The fourth-order valence-electron chi connectivity index (χ4n) is 4.09. The van der Waals surface area contributed by atoms with Crippen molar-refractivity contribution in [3.05, 3.63) is 65.3 Å². The summed E-state index contributed by atoms with van der Waals surface area (Å²) in [4.78, 5) is 40.7. The molecule has 2 heterocycles. The third-order valence-electron chi connectivity index (χ3n) is 6.26. The predicted molar refractivity (Wildman–Crippen MR) is 122 cm³/mol. The topological polar surface area (TPSA) is 114 Å². The number of aryl methyl sites for hydroxylation is 2. The van der Waals surface area contributed by atoms with Crippen molar-refractivity contribution in [2.75, 3.05) is 5.32 Å². The van der Waals surface area contributed by atoms with Gasteiger partial charge in [-0.15, -0.1) is 0 Å². The zero-order valence-corrected chi connectivity index (χ0v) is 19.0. The molecule has 0 bridgehead atoms. The van der Waals surface area contributed by atoms with Gasteiger partial charge in [0.25, 0.3) is 0 Å². The molecule has 34 heavy (non-hydrogen) atoms. The number of carbonyl (C=O) groups is 3. The number of piperidine rings is 1. The van der Waals surface area contributed by atoms with Crippen LogP contribution in [-0.4, -0.2) is 27.9 Å². The monoisotopic (exact) mass is 464 g/mol. The highest BCUT2D eigenvalue weighted by molar-refractivity contribution is 6.03. The van der Waals surface area contributed by atoms with Crippen LogP contribution >= 0.6 is 0 Å². The van der Waals surface area contributed by atoms with Crippen LogP contribution in [0.1, 0.15) is 49.6 Å². The van der Waals surface area contributed by atoms with E-state index in [-0.39, 0.29) is 48.1 Å². The minimum Gasteiger partial charge on any atom is -0.339 e. The quantitative estimate of drug-likeness (QED) is 0.514. The minimum atomic E-state index is -0.744. The highest BCUT2D eigenvalue weighted by atomic mass is 19.1. The van der Waals surface area contributed by atoms with Gasteiger partial charge in [-0.05, 0) is 49.1 Å². The molecule has 3 aromatic rings. The van der Waals surface area contributed by atoms with Crippen molar-refractivity contribution in [3.63, 3.8) is 0 Å². The number of rotatable bonds is 7. The molecule has 1 fully saturated rings. The number of carbonyl (C=O) groups excluding carboxylic acids is 3. The molecule has 0 radical (unpaired) electrons. The molecular weight excluding hydrogens is 439 g/mol. The van der Waals surface area contributed by atoms with E-state index >= 15 is 0 Å². The number of benzene rings is 2. The van der Waals surface area contributed by atoms with Crippen LogP contribution in [0.15, 0.2) is 47.0 Å². The highest BCUT2D eigenvalue weighted by Gasteiger charge is 2.42. The van der Waals surface area contributed by atoms with Gasteiger partial charge in [-0.3, -0.25) is 19.7 Å². The Morgan fingerprint density at radius 3 is 2.65 bits per heavy atom. The molecule has 2 N–H and O–H groups in total. The van der Waals surface area contributed by atoms with E-state index in [9.17, 15) is 18.8 Å². The van der Waals surface area contributed by atoms with Crippen molar-refractivity contribution in [3.8, 4) is 11.4 Å². The predicted octanol–water partition coefficient (Wildman–Crippen LogP) is 3.84. The fraction of sp³-hybridized carbons (Fsp3) is 0.320. The second kappa shape index (κ2) is 9.54. The first-order chi connectivity index (χ1) is 16.3. The Morgan fingerprint density at radius 2 is 1.97 bits per heavy atom. The number of hydrogen-bond acceptors (Lipinski definition) is 6. The van der Waals surface area contributed by atoms with E-state index in [4.69, 9.17) is 4.52 Å². The lowest BCUT2D eigenvalue weighted by molar-refractivity contribution is -0.138. The molecule has 0 saturated carbocycles. The third-order valence-corrected chi connectivity index (χ3v) is 6.26. The van der Waals surface area contributed by atoms with Crippen LogP contribution in [-0.2, 0) is 26.2 Å². The summed E-state index contributed by atoms with van der Waals surface area (Å²) in [5.74, 6) is -0.572. The van der Waals surface area contributed by atoms with Crippen LogP contribution in [0.5, 0.6) is 0 Å². The van der Waals surface area contributed by atoms with Crippen molar-refractivity contribution in [1.29, 1.82) is 0 Å². The molecule has 0 spiro atoms. The Labute approximate surface area is 195 Å². The Kier molecular flexibility index (Phi) is 6.54. The van der Waals surface area contributed by atoms with Crippen molar-refractivity contribution in [2.24, 2.45) is 0 Å². The van der Waals surface area contributed by atoms with Crippen LogP contribution in [0.4, 0.5) is 10.1 Å². The Morgan fingerprint density at radius 1 is 1.21 bits per heavy atom. The molecule has 1 aliphatic heterocycles. The number of amides is 3. The smallest absolute Gasteiger partial charge is 0.237 e. The fourth-order valence-corrected chi connectivity index (χ4v) is 4.09. The van der Waals surface area contributed by atoms with Gasteiger partial charge in [-0.2, -0.15) is 4.98 Å². The van der Waals surface area contributed by atoms with E-state index < -0.39 is 5.41 Å². The second-order valence-electron chi connectivity index (χ2n) is 8.41. The van der Waals surface area contributed by atoms with Gasteiger partial charge in [0.05, 0.1) is 5.41 Å². The molecule has 0 aliphatic carbocycles. The number of halogens is 1.